The molecule has 0 bridgehead atoms. The maximum atomic E-state index is 3.75. The van der Waals surface area contributed by atoms with Crippen LogP contribution < -0.4 is 5.32 Å². The lowest BCUT2D eigenvalue weighted by Crippen LogP contribution is -2.63. The van der Waals surface area contributed by atoms with Crippen LogP contribution in [0, 0.1) is 5.92 Å². The Kier molecular flexibility index (Phi) is 5.22. The minimum absolute atomic E-state index is 0.263. The highest BCUT2D eigenvalue weighted by Gasteiger charge is 2.34. The molecule has 1 aromatic carbocycles. The smallest absolute Gasteiger partial charge is 0.0278 e. The van der Waals surface area contributed by atoms with Crippen LogP contribution >= 0.6 is 0 Å². The molecule has 1 heterocycles. The summed E-state index contributed by atoms with van der Waals surface area (Å²) in [6, 6.07) is 11.5. The topological polar surface area (TPSA) is 15.3 Å². The van der Waals surface area contributed by atoms with Crippen LogP contribution in [0.4, 0.5) is 0 Å². The number of nitrogens with zero attached hydrogens (tertiary/aromatic N) is 1. The van der Waals surface area contributed by atoms with Gasteiger partial charge in [0.05, 0.1) is 0 Å². The van der Waals surface area contributed by atoms with Crippen molar-refractivity contribution in [2.45, 2.75) is 52.1 Å². The van der Waals surface area contributed by atoms with E-state index in [2.05, 4.69) is 68.2 Å². The minimum atomic E-state index is 0.263. The molecule has 1 saturated heterocycles. The van der Waals surface area contributed by atoms with Gasteiger partial charge in [-0.1, -0.05) is 50.6 Å². The van der Waals surface area contributed by atoms with Crippen LogP contribution in [-0.2, 0) is 6.42 Å². The molecular formula is C18H30N2. The molecule has 2 rings (SSSR count). The number of hydrogen-bond acceptors (Lipinski definition) is 2. The van der Waals surface area contributed by atoms with E-state index in [9.17, 15) is 0 Å². The van der Waals surface area contributed by atoms with Crippen molar-refractivity contribution in [1.82, 2.24) is 10.2 Å². The number of rotatable bonds is 5. The summed E-state index contributed by atoms with van der Waals surface area (Å²) in [5.41, 5.74) is 1.71. The molecule has 0 aromatic heterocycles. The third-order valence-electron chi connectivity index (χ3n) is 4.91. The third-order valence-corrected chi connectivity index (χ3v) is 4.91. The number of piperazine rings is 1. The Hall–Kier alpha value is -0.860. The Morgan fingerprint density at radius 3 is 2.65 bits per heavy atom. The quantitative estimate of drug-likeness (QED) is 0.886. The van der Waals surface area contributed by atoms with Crippen LogP contribution in [0.2, 0.25) is 0 Å². The zero-order chi connectivity index (χ0) is 14.6. The van der Waals surface area contributed by atoms with Gasteiger partial charge in [0, 0.05) is 31.2 Å². The van der Waals surface area contributed by atoms with E-state index in [0.29, 0.717) is 6.04 Å². The van der Waals surface area contributed by atoms with Crippen LogP contribution in [-0.4, -0.2) is 36.1 Å². The molecule has 0 spiro atoms. The molecule has 0 amide bonds. The van der Waals surface area contributed by atoms with Gasteiger partial charge in [-0.15, -0.1) is 0 Å². The molecule has 2 nitrogen and oxygen atoms in total. The molecule has 1 aliphatic heterocycles. The van der Waals surface area contributed by atoms with Gasteiger partial charge >= 0.3 is 0 Å². The molecule has 1 N–H and O–H groups in total. The maximum Gasteiger partial charge on any atom is 0.0278 e. The van der Waals surface area contributed by atoms with E-state index in [-0.39, 0.29) is 5.54 Å². The first-order chi connectivity index (χ1) is 9.53. The fourth-order valence-corrected chi connectivity index (χ4v) is 3.01. The normalized spacial score (nSPS) is 24.5. The largest absolute Gasteiger partial charge is 0.311 e. The highest BCUT2D eigenvalue weighted by atomic mass is 15.3. The van der Waals surface area contributed by atoms with Crippen molar-refractivity contribution in [1.29, 1.82) is 0 Å². The van der Waals surface area contributed by atoms with E-state index >= 15 is 0 Å². The molecule has 1 aromatic rings. The molecule has 1 aliphatic rings. The molecule has 2 heteroatoms. The number of nitrogens with one attached hydrogen (secondary N) is 1. The van der Waals surface area contributed by atoms with E-state index in [1.807, 2.05) is 0 Å². The lowest BCUT2D eigenvalue weighted by Gasteiger charge is -2.47. The second kappa shape index (κ2) is 6.73. The fraction of sp³-hybridized carbons (Fsp3) is 0.667. The predicted molar refractivity (Wildman–Crippen MR) is 87.0 cm³/mol. The molecule has 2 unspecified atom stereocenters. The van der Waals surface area contributed by atoms with Crippen LogP contribution in [0.1, 0.15) is 39.7 Å². The van der Waals surface area contributed by atoms with Crippen molar-refractivity contribution in [3.63, 3.8) is 0 Å². The second-order valence-corrected chi connectivity index (χ2v) is 6.87. The van der Waals surface area contributed by atoms with Crippen LogP contribution in [0.15, 0.2) is 30.3 Å². The lowest BCUT2D eigenvalue weighted by atomic mass is 9.90. The summed E-state index contributed by atoms with van der Waals surface area (Å²) in [6.07, 6.45) is 2.40. The summed E-state index contributed by atoms with van der Waals surface area (Å²) in [4.78, 5) is 2.67. The van der Waals surface area contributed by atoms with E-state index in [4.69, 9.17) is 0 Å². The molecular weight excluding hydrogens is 244 g/mol. The highest BCUT2D eigenvalue weighted by molar-refractivity contribution is 5.15. The van der Waals surface area contributed by atoms with E-state index in [1.165, 1.54) is 18.5 Å². The minimum Gasteiger partial charge on any atom is -0.311 e. The van der Waals surface area contributed by atoms with Gasteiger partial charge in [0.2, 0.25) is 0 Å². The molecule has 112 valence electrons. The lowest BCUT2D eigenvalue weighted by molar-refractivity contribution is 0.0530. The summed E-state index contributed by atoms with van der Waals surface area (Å²) in [7, 11) is 0. The van der Waals surface area contributed by atoms with Gasteiger partial charge in [0.1, 0.15) is 0 Å². The first-order valence-electron chi connectivity index (χ1n) is 8.05. The molecule has 1 fully saturated rings. The highest BCUT2D eigenvalue weighted by Crippen LogP contribution is 2.22. The van der Waals surface area contributed by atoms with Gasteiger partial charge in [-0.05, 0) is 31.7 Å². The Morgan fingerprint density at radius 1 is 1.30 bits per heavy atom. The summed E-state index contributed by atoms with van der Waals surface area (Å²) in [6.45, 7) is 12.8. The number of benzene rings is 1. The fourth-order valence-electron chi connectivity index (χ4n) is 3.01. The zero-order valence-corrected chi connectivity index (χ0v) is 13.5. The molecule has 0 radical (unpaired) electrons. The Balaban J connectivity index is 1.96. The standard InChI is InChI=1S/C18H30N2/c1-5-15(2)17-13-20(18(3,4)14-19-17)12-11-16-9-7-6-8-10-16/h6-10,15,17,19H,5,11-14H2,1-4H3. The molecule has 2 atom stereocenters. The Bertz CT molecular complexity index is 399. The molecule has 0 aliphatic carbocycles. The van der Waals surface area contributed by atoms with E-state index in [1.54, 1.807) is 0 Å². The number of hydrogen-bond donors (Lipinski definition) is 1. The van der Waals surface area contributed by atoms with Gasteiger partial charge in [-0.2, -0.15) is 0 Å². The van der Waals surface area contributed by atoms with Crippen molar-refractivity contribution in [3.05, 3.63) is 35.9 Å². The maximum absolute atomic E-state index is 3.75. The van der Waals surface area contributed by atoms with Crippen molar-refractivity contribution in [2.75, 3.05) is 19.6 Å². The third kappa shape index (κ3) is 3.83. The summed E-state index contributed by atoms with van der Waals surface area (Å²) in [5.74, 6) is 0.755. The summed E-state index contributed by atoms with van der Waals surface area (Å²) < 4.78 is 0. The van der Waals surface area contributed by atoms with Crippen LogP contribution in [0.5, 0.6) is 0 Å². The predicted octanol–water partition coefficient (Wildman–Crippen LogP) is 3.33. The molecule has 0 saturated carbocycles. The van der Waals surface area contributed by atoms with Gasteiger partial charge in [-0.3, -0.25) is 4.90 Å². The monoisotopic (exact) mass is 274 g/mol. The van der Waals surface area contributed by atoms with Gasteiger partial charge in [-0.25, -0.2) is 0 Å². The summed E-state index contributed by atoms with van der Waals surface area (Å²) in [5, 5.41) is 3.75. The van der Waals surface area contributed by atoms with Crippen molar-refractivity contribution < 1.29 is 0 Å². The zero-order valence-electron chi connectivity index (χ0n) is 13.5. The Labute approximate surface area is 124 Å². The SMILES string of the molecule is CCC(C)C1CN(CCc2ccccc2)C(C)(C)CN1. The average molecular weight is 274 g/mol. The molecule has 20 heavy (non-hydrogen) atoms. The van der Waals surface area contributed by atoms with Crippen LogP contribution in [0.3, 0.4) is 0 Å². The van der Waals surface area contributed by atoms with Gasteiger partial charge < -0.3 is 5.32 Å². The first kappa shape index (κ1) is 15.5. The van der Waals surface area contributed by atoms with Crippen molar-refractivity contribution >= 4 is 0 Å². The van der Waals surface area contributed by atoms with Gasteiger partial charge in [0.15, 0.2) is 0 Å². The second-order valence-electron chi connectivity index (χ2n) is 6.87. The first-order valence-corrected chi connectivity index (χ1v) is 8.05. The van der Waals surface area contributed by atoms with Gasteiger partial charge in [0.25, 0.3) is 0 Å². The van der Waals surface area contributed by atoms with Crippen molar-refractivity contribution in [2.24, 2.45) is 5.92 Å². The average Bonchev–Trinajstić information content (AvgIpc) is 2.46. The summed E-state index contributed by atoms with van der Waals surface area (Å²) >= 11 is 0. The van der Waals surface area contributed by atoms with Crippen molar-refractivity contribution in [3.8, 4) is 0 Å². The van der Waals surface area contributed by atoms with Crippen LogP contribution in [0.25, 0.3) is 0 Å². The van der Waals surface area contributed by atoms with E-state index < -0.39 is 0 Å². The Morgan fingerprint density at radius 2 is 2.00 bits per heavy atom. The van der Waals surface area contributed by atoms with E-state index in [0.717, 1.165) is 25.4 Å².